The molecule has 108 valence electrons. The molecule has 0 amide bonds. The quantitative estimate of drug-likeness (QED) is 0.690. The Labute approximate surface area is 131 Å². The van der Waals surface area contributed by atoms with Crippen LogP contribution in [0.5, 0.6) is 0 Å². The molecule has 0 spiro atoms. The van der Waals surface area contributed by atoms with Crippen LogP contribution in [0.2, 0.25) is 0 Å². The average molecular weight is 310 g/mol. The maximum Gasteiger partial charge on any atom is 0.197 e. The van der Waals surface area contributed by atoms with Crippen molar-refractivity contribution >= 4 is 11.8 Å². The smallest absolute Gasteiger partial charge is 0.197 e. The van der Waals surface area contributed by atoms with E-state index in [4.69, 9.17) is 5.26 Å². The number of halogens is 1. The minimum Gasteiger partial charge on any atom is -0.270 e. The van der Waals surface area contributed by atoms with Gasteiger partial charge in [-0.1, -0.05) is 42.1 Å². The third kappa shape index (κ3) is 2.71. The zero-order valence-corrected chi connectivity index (χ0v) is 12.3. The highest BCUT2D eigenvalue weighted by Crippen LogP contribution is 2.28. The van der Waals surface area contributed by atoms with E-state index in [-0.39, 0.29) is 11.6 Å². The molecule has 3 aromatic rings. The van der Waals surface area contributed by atoms with Gasteiger partial charge in [-0.25, -0.2) is 4.39 Å². The highest BCUT2D eigenvalue weighted by Gasteiger charge is 2.18. The zero-order valence-electron chi connectivity index (χ0n) is 11.5. The van der Waals surface area contributed by atoms with Gasteiger partial charge in [0, 0.05) is 5.69 Å². The van der Waals surface area contributed by atoms with Gasteiger partial charge in [0.15, 0.2) is 11.0 Å². The van der Waals surface area contributed by atoms with Gasteiger partial charge in [0.1, 0.15) is 5.82 Å². The lowest BCUT2D eigenvalue weighted by atomic mass is 10.2. The zero-order chi connectivity index (χ0) is 15.4. The predicted molar refractivity (Wildman–Crippen MR) is 83.1 cm³/mol. The lowest BCUT2D eigenvalue weighted by Gasteiger charge is -2.09. The van der Waals surface area contributed by atoms with E-state index < -0.39 is 0 Å². The summed E-state index contributed by atoms with van der Waals surface area (Å²) in [6.45, 7) is 0. The maximum atomic E-state index is 14.1. The van der Waals surface area contributed by atoms with Gasteiger partial charge in [-0.15, -0.1) is 10.2 Å². The first kappa shape index (κ1) is 14.3. The van der Waals surface area contributed by atoms with Crippen molar-refractivity contribution in [2.24, 2.45) is 0 Å². The van der Waals surface area contributed by atoms with Crippen molar-refractivity contribution in [2.75, 3.05) is 5.75 Å². The van der Waals surface area contributed by atoms with Crippen LogP contribution in [0.15, 0.2) is 59.8 Å². The van der Waals surface area contributed by atoms with Crippen LogP contribution in [0.4, 0.5) is 4.39 Å². The largest absolute Gasteiger partial charge is 0.270 e. The van der Waals surface area contributed by atoms with Crippen molar-refractivity contribution in [1.29, 1.82) is 5.26 Å². The molecule has 0 bridgehead atoms. The Bertz CT molecular complexity index is 824. The number of para-hydroxylation sites is 1. The molecule has 1 heterocycles. The Hall–Kier alpha value is -2.65. The summed E-state index contributed by atoms with van der Waals surface area (Å²) in [5, 5.41) is 17.6. The lowest BCUT2D eigenvalue weighted by molar-refractivity contribution is 0.629. The van der Waals surface area contributed by atoms with Gasteiger partial charge in [0.2, 0.25) is 0 Å². The van der Waals surface area contributed by atoms with E-state index in [0.29, 0.717) is 16.5 Å². The van der Waals surface area contributed by atoms with E-state index in [2.05, 4.69) is 16.3 Å². The van der Waals surface area contributed by atoms with Gasteiger partial charge in [-0.3, -0.25) is 4.57 Å². The van der Waals surface area contributed by atoms with Crippen LogP contribution in [0.25, 0.3) is 17.1 Å². The summed E-state index contributed by atoms with van der Waals surface area (Å²) < 4.78 is 15.9. The van der Waals surface area contributed by atoms with E-state index in [1.54, 1.807) is 22.8 Å². The van der Waals surface area contributed by atoms with Crippen molar-refractivity contribution < 1.29 is 4.39 Å². The number of nitrogens with zero attached hydrogens (tertiary/aromatic N) is 4. The second kappa shape index (κ2) is 6.41. The van der Waals surface area contributed by atoms with E-state index in [1.165, 1.54) is 17.8 Å². The number of hydrogen-bond acceptors (Lipinski definition) is 4. The Kier molecular flexibility index (Phi) is 4.17. The third-order valence-corrected chi connectivity index (χ3v) is 3.82. The van der Waals surface area contributed by atoms with Gasteiger partial charge in [0.05, 0.1) is 17.4 Å². The predicted octanol–water partition coefficient (Wildman–Crippen LogP) is 3.69. The summed E-state index contributed by atoms with van der Waals surface area (Å²) in [6.07, 6.45) is 0. The monoisotopic (exact) mass is 310 g/mol. The highest BCUT2D eigenvalue weighted by atomic mass is 32.2. The lowest BCUT2D eigenvalue weighted by Crippen LogP contribution is -2.00. The molecule has 2 aromatic carbocycles. The molecule has 1 aromatic heterocycles. The summed E-state index contributed by atoms with van der Waals surface area (Å²) >= 11 is 1.27. The molecule has 0 fully saturated rings. The van der Waals surface area contributed by atoms with Crippen molar-refractivity contribution in [3.05, 3.63) is 60.4 Å². The van der Waals surface area contributed by atoms with Crippen molar-refractivity contribution in [1.82, 2.24) is 14.8 Å². The molecule has 0 unspecified atom stereocenters. The number of nitriles is 1. The molecule has 0 saturated carbocycles. The summed E-state index contributed by atoms with van der Waals surface area (Å²) in [4.78, 5) is 0. The van der Waals surface area contributed by atoms with Gasteiger partial charge in [-0.05, 0) is 24.3 Å². The van der Waals surface area contributed by atoms with Crippen molar-refractivity contribution in [3.63, 3.8) is 0 Å². The molecule has 0 saturated heterocycles. The summed E-state index contributed by atoms with van der Waals surface area (Å²) in [7, 11) is 0. The fraction of sp³-hybridized carbons (Fsp3) is 0.0625. The van der Waals surface area contributed by atoms with Crippen LogP contribution in [-0.4, -0.2) is 20.5 Å². The Balaban J connectivity index is 2.18. The topological polar surface area (TPSA) is 54.5 Å². The minimum atomic E-state index is -0.357. The first-order valence-electron chi connectivity index (χ1n) is 6.57. The Morgan fingerprint density at radius 1 is 1.05 bits per heavy atom. The minimum absolute atomic E-state index is 0.252. The molecule has 0 radical (unpaired) electrons. The first-order chi connectivity index (χ1) is 10.8. The standard InChI is InChI=1S/C16H11FN4S/c17-14-9-5-4-8-13(14)15-19-20-16(22-11-10-18)21(15)12-6-2-1-3-7-12/h1-9H,11H2. The highest BCUT2D eigenvalue weighted by molar-refractivity contribution is 7.99. The van der Waals surface area contributed by atoms with Gasteiger partial charge in [0.25, 0.3) is 0 Å². The van der Waals surface area contributed by atoms with Crippen molar-refractivity contribution in [3.8, 4) is 23.1 Å². The third-order valence-electron chi connectivity index (χ3n) is 3.03. The van der Waals surface area contributed by atoms with E-state index in [1.807, 2.05) is 30.3 Å². The number of thioether (sulfide) groups is 1. The number of rotatable bonds is 4. The summed E-state index contributed by atoms with van der Waals surface area (Å²) in [5.41, 5.74) is 1.20. The molecule has 4 nitrogen and oxygen atoms in total. The second-order valence-electron chi connectivity index (χ2n) is 4.40. The van der Waals surface area contributed by atoms with Crippen LogP contribution in [0.1, 0.15) is 0 Å². The molecule has 3 rings (SSSR count). The molecule has 22 heavy (non-hydrogen) atoms. The number of benzene rings is 2. The second-order valence-corrected chi connectivity index (χ2v) is 5.35. The fourth-order valence-corrected chi connectivity index (χ4v) is 2.70. The molecule has 0 N–H and O–H groups in total. The fourth-order valence-electron chi connectivity index (χ4n) is 2.09. The molecule has 0 aliphatic rings. The van der Waals surface area contributed by atoms with Crippen LogP contribution >= 0.6 is 11.8 Å². The molecule has 0 aliphatic carbocycles. The van der Waals surface area contributed by atoms with Gasteiger partial charge >= 0.3 is 0 Å². The number of aromatic nitrogens is 3. The van der Waals surface area contributed by atoms with E-state index in [9.17, 15) is 4.39 Å². The van der Waals surface area contributed by atoms with Crippen LogP contribution in [-0.2, 0) is 0 Å². The molecule has 0 aliphatic heterocycles. The van der Waals surface area contributed by atoms with Crippen LogP contribution in [0, 0.1) is 17.1 Å². The van der Waals surface area contributed by atoms with Crippen molar-refractivity contribution in [2.45, 2.75) is 5.16 Å². The van der Waals surface area contributed by atoms with Gasteiger partial charge in [-0.2, -0.15) is 5.26 Å². The van der Waals surface area contributed by atoms with Crippen LogP contribution in [0.3, 0.4) is 0 Å². The van der Waals surface area contributed by atoms with Crippen LogP contribution < -0.4 is 0 Å². The van der Waals surface area contributed by atoms with Gasteiger partial charge < -0.3 is 0 Å². The summed E-state index contributed by atoms with van der Waals surface area (Å²) in [5.74, 6) is 0.316. The first-order valence-corrected chi connectivity index (χ1v) is 7.55. The van der Waals surface area contributed by atoms with E-state index >= 15 is 0 Å². The van der Waals surface area contributed by atoms with E-state index in [0.717, 1.165) is 5.69 Å². The molecule has 6 heteroatoms. The normalized spacial score (nSPS) is 10.4. The summed E-state index contributed by atoms with van der Waals surface area (Å²) in [6, 6.07) is 18.0. The molecule has 0 atom stereocenters. The molecular weight excluding hydrogens is 299 g/mol. The maximum absolute atomic E-state index is 14.1. The molecular formula is C16H11FN4S. The average Bonchev–Trinajstić information content (AvgIpc) is 2.98. The number of hydrogen-bond donors (Lipinski definition) is 0. The SMILES string of the molecule is N#CCSc1nnc(-c2ccccc2F)n1-c1ccccc1. The Morgan fingerprint density at radius 3 is 2.50 bits per heavy atom. The Morgan fingerprint density at radius 2 is 1.77 bits per heavy atom.